The van der Waals surface area contributed by atoms with Gasteiger partial charge in [0.05, 0.1) is 6.54 Å². The molecular weight excluding hydrogens is 473 g/mol. The van der Waals surface area contributed by atoms with Crippen LogP contribution in [0.1, 0.15) is 11.1 Å². The second kappa shape index (κ2) is 11.3. The molecule has 2 unspecified atom stereocenters. The topological polar surface area (TPSA) is 62.7 Å². The monoisotopic (exact) mass is 499 g/mol. The molecule has 2 aromatic carbocycles. The van der Waals surface area contributed by atoms with Crippen LogP contribution in [-0.4, -0.2) is 42.2 Å². The lowest BCUT2D eigenvalue weighted by Crippen LogP contribution is -2.43. The summed E-state index contributed by atoms with van der Waals surface area (Å²) < 4.78 is 18.1. The lowest BCUT2D eigenvalue weighted by atomic mass is 10.1. The highest BCUT2D eigenvalue weighted by Gasteiger charge is 2.22. The van der Waals surface area contributed by atoms with Crippen molar-refractivity contribution in [3.63, 3.8) is 0 Å². The molecule has 0 fully saturated rings. The Kier molecular flexibility index (Phi) is 9.06. The molecule has 2 aromatic rings. The average Bonchev–Trinajstić information content (AvgIpc) is 3.08. The molecule has 3 rings (SSSR count). The molecule has 146 valence electrons. The summed E-state index contributed by atoms with van der Waals surface area (Å²) in [5.74, 6) is 2.85. The minimum atomic E-state index is -0.892. The van der Waals surface area contributed by atoms with Gasteiger partial charge in [-0.25, -0.2) is 0 Å². The van der Waals surface area contributed by atoms with Crippen LogP contribution in [0.3, 0.4) is 0 Å². The first-order chi connectivity index (χ1) is 12.7. The van der Waals surface area contributed by atoms with Crippen molar-refractivity contribution in [2.45, 2.75) is 18.3 Å². The van der Waals surface area contributed by atoms with E-state index in [4.69, 9.17) is 4.74 Å². The largest absolute Gasteiger partial charge is 0.488 e. The molecule has 0 spiro atoms. The molecule has 0 saturated carbocycles. The fourth-order valence-corrected chi connectivity index (χ4v) is 3.95. The summed E-state index contributed by atoms with van der Waals surface area (Å²) in [6, 6.07) is 18.1. The van der Waals surface area contributed by atoms with E-state index in [1.807, 2.05) is 48.5 Å². The standard InChI is InChI=1S/C20H25N3O2S.HI/c1-21-20(22-11-12-26(24)15-16-7-3-2-4-8-16)23-14-18-13-17-9-5-6-10-19(17)25-18;/h2-10,18H,11-15H2,1H3,(H2,21,22,23);1H. The van der Waals surface area contributed by atoms with E-state index in [9.17, 15) is 4.21 Å². The van der Waals surface area contributed by atoms with Crippen LogP contribution in [-0.2, 0) is 23.0 Å². The molecule has 27 heavy (non-hydrogen) atoms. The third-order valence-corrected chi connectivity index (χ3v) is 5.54. The molecule has 0 radical (unpaired) electrons. The number of fused-ring (bicyclic) bond motifs is 1. The summed E-state index contributed by atoms with van der Waals surface area (Å²) >= 11 is 0. The highest BCUT2D eigenvalue weighted by atomic mass is 127. The Balaban J connectivity index is 0.00000261. The Morgan fingerprint density at radius 3 is 2.63 bits per heavy atom. The third-order valence-electron chi connectivity index (χ3n) is 4.23. The fourth-order valence-electron chi connectivity index (χ4n) is 2.91. The minimum absolute atomic E-state index is 0. The molecule has 0 aromatic heterocycles. The van der Waals surface area contributed by atoms with Crippen LogP contribution in [0.25, 0.3) is 0 Å². The van der Waals surface area contributed by atoms with Gasteiger partial charge in [0.15, 0.2) is 5.96 Å². The summed E-state index contributed by atoms with van der Waals surface area (Å²) in [6.45, 7) is 1.30. The Bertz CT molecular complexity index is 746. The summed E-state index contributed by atoms with van der Waals surface area (Å²) in [5, 5.41) is 6.51. The van der Waals surface area contributed by atoms with Crippen molar-refractivity contribution in [2.75, 3.05) is 25.9 Å². The number of nitrogens with zero attached hydrogens (tertiary/aromatic N) is 1. The predicted molar refractivity (Wildman–Crippen MR) is 122 cm³/mol. The number of aliphatic imine (C=N–C) groups is 1. The van der Waals surface area contributed by atoms with E-state index >= 15 is 0 Å². The van der Waals surface area contributed by atoms with Crippen LogP contribution in [0, 0.1) is 0 Å². The SMILES string of the molecule is CN=C(NCCS(=O)Cc1ccccc1)NCC1Cc2ccccc2O1.I. The Morgan fingerprint density at radius 2 is 1.89 bits per heavy atom. The van der Waals surface area contributed by atoms with E-state index in [2.05, 4.69) is 21.7 Å². The maximum absolute atomic E-state index is 12.2. The third kappa shape index (κ3) is 6.80. The number of hydrogen-bond acceptors (Lipinski definition) is 3. The van der Waals surface area contributed by atoms with Gasteiger partial charge in [-0.3, -0.25) is 9.20 Å². The van der Waals surface area contributed by atoms with Crippen LogP contribution in [0.5, 0.6) is 5.75 Å². The van der Waals surface area contributed by atoms with Gasteiger partial charge in [0, 0.05) is 42.3 Å². The number of para-hydroxylation sites is 1. The maximum Gasteiger partial charge on any atom is 0.191 e. The predicted octanol–water partition coefficient (Wildman–Crippen LogP) is 2.72. The Labute approximate surface area is 180 Å². The number of nitrogens with one attached hydrogen (secondary N) is 2. The molecule has 2 N–H and O–H groups in total. The average molecular weight is 499 g/mol. The van der Waals surface area contributed by atoms with Gasteiger partial charge in [0.2, 0.25) is 0 Å². The zero-order valence-corrected chi connectivity index (χ0v) is 18.5. The number of halogens is 1. The van der Waals surface area contributed by atoms with Crippen molar-refractivity contribution in [1.82, 2.24) is 10.6 Å². The fraction of sp³-hybridized carbons (Fsp3) is 0.350. The molecule has 0 aliphatic carbocycles. The van der Waals surface area contributed by atoms with Gasteiger partial charge in [-0.05, 0) is 17.2 Å². The molecule has 0 saturated heterocycles. The zero-order valence-electron chi connectivity index (χ0n) is 15.4. The molecule has 0 amide bonds. The van der Waals surface area contributed by atoms with Crippen LogP contribution < -0.4 is 15.4 Å². The van der Waals surface area contributed by atoms with E-state index < -0.39 is 10.8 Å². The lowest BCUT2D eigenvalue weighted by Gasteiger charge is -2.15. The van der Waals surface area contributed by atoms with E-state index in [1.54, 1.807) is 7.05 Å². The first-order valence-electron chi connectivity index (χ1n) is 8.82. The summed E-state index contributed by atoms with van der Waals surface area (Å²) in [5.41, 5.74) is 2.35. The number of guanidine groups is 1. The molecular formula is C20H26IN3O2S. The Morgan fingerprint density at radius 1 is 1.15 bits per heavy atom. The quantitative estimate of drug-likeness (QED) is 0.350. The van der Waals surface area contributed by atoms with Gasteiger partial charge >= 0.3 is 0 Å². The lowest BCUT2D eigenvalue weighted by molar-refractivity contribution is 0.235. The smallest absolute Gasteiger partial charge is 0.191 e. The van der Waals surface area contributed by atoms with Gasteiger partial charge in [-0.2, -0.15) is 0 Å². The van der Waals surface area contributed by atoms with E-state index in [1.165, 1.54) is 5.56 Å². The van der Waals surface area contributed by atoms with Crippen LogP contribution in [0.15, 0.2) is 59.6 Å². The first kappa shape index (κ1) is 21.7. The van der Waals surface area contributed by atoms with E-state index in [0.717, 1.165) is 17.7 Å². The van der Waals surface area contributed by atoms with Gasteiger partial charge in [-0.15, -0.1) is 24.0 Å². The summed E-state index contributed by atoms with van der Waals surface area (Å²) in [6.07, 6.45) is 1.01. The minimum Gasteiger partial charge on any atom is -0.488 e. The van der Waals surface area contributed by atoms with Crippen molar-refractivity contribution in [1.29, 1.82) is 0 Å². The second-order valence-corrected chi connectivity index (χ2v) is 7.78. The molecule has 0 bridgehead atoms. The number of rotatable bonds is 7. The van der Waals surface area contributed by atoms with Crippen molar-refractivity contribution >= 4 is 40.7 Å². The second-order valence-electron chi connectivity index (χ2n) is 6.21. The summed E-state index contributed by atoms with van der Waals surface area (Å²) in [4.78, 5) is 4.22. The van der Waals surface area contributed by atoms with Gasteiger partial charge in [0.1, 0.15) is 11.9 Å². The molecule has 1 aliphatic rings. The van der Waals surface area contributed by atoms with E-state index in [-0.39, 0.29) is 30.1 Å². The number of hydrogen-bond donors (Lipinski definition) is 2. The van der Waals surface area contributed by atoms with Gasteiger partial charge < -0.3 is 15.4 Å². The normalized spacial score (nSPS) is 16.6. The highest BCUT2D eigenvalue weighted by molar-refractivity contribution is 14.0. The molecule has 1 heterocycles. The van der Waals surface area contributed by atoms with Crippen molar-refractivity contribution < 1.29 is 8.95 Å². The highest BCUT2D eigenvalue weighted by Crippen LogP contribution is 2.27. The molecule has 7 heteroatoms. The summed E-state index contributed by atoms with van der Waals surface area (Å²) in [7, 11) is 0.844. The molecule has 1 aliphatic heterocycles. The Hall–Kier alpha value is -1.61. The zero-order chi connectivity index (χ0) is 18.2. The number of ether oxygens (including phenoxy) is 1. The van der Waals surface area contributed by atoms with Crippen LogP contribution >= 0.6 is 24.0 Å². The van der Waals surface area contributed by atoms with E-state index in [0.29, 0.717) is 30.6 Å². The van der Waals surface area contributed by atoms with Crippen molar-refractivity contribution in [3.8, 4) is 5.75 Å². The molecule has 2 atom stereocenters. The van der Waals surface area contributed by atoms with Gasteiger partial charge in [-0.1, -0.05) is 48.5 Å². The maximum atomic E-state index is 12.2. The van der Waals surface area contributed by atoms with Crippen molar-refractivity contribution in [3.05, 3.63) is 65.7 Å². The van der Waals surface area contributed by atoms with Crippen LogP contribution in [0.4, 0.5) is 0 Å². The first-order valence-corrected chi connectivity index (χ1v) is 10.3. The molecule has 5 nitrogen and oxygen atoms in total. The van der Waals surface area contributed by atoms with Crippen LogP contribution in [0.2, 0.25) is 0 Å². The van der Waals surface area contributed by atoms with Crippen molar-refractivity contribution in [2.24, 2.45) is 4.99 Å². The van der Waals surface area contributed by atoms with Gasteiger partial charge in [0.25, 0.3) is 0 Å². The number of benzene rings is 2.